The van der Waals surface area contributed by atoms with Crippen LogP contribution in [0.15, 0.2) is 12.4 Å². The van der Waals surface area contributed by atoms with Gasteiger partial charge in [0.05, 0.1) is 25.2 Å². The lowest BCUT2D eigenvalue weighted by molar-refractivity contribution is 0.395. The van der Waals surface area contributed by atoms with Crippen molar-refractivity contribution in [3.8, 4) is 11.9 Å². The van der Waals surface area contributed by atoms with Crippen LogP contribution < -0.4 is 14.5 Å². The van der Waals surface area contributed by atoms with Gasteiger partial charge < -0.3 is 14.5 Å². The molecule has 1 aliphatic rings. The second kappa shape index (κ2) is 6.66. The fourth-order valence-corrected chi connectivity index (χ4v) is 2.69. The van der Waals surface area contributed by atoms with E-state index in [0.717, 1.165) is 43.3 Å². The lowest BCUT2D eigenvalue weighted by Gasteiger charge is -2.36. The molecule has 8 nitrogen and oxygen atoms in total. The van der Waals surface area contributed by atoms with Crippen molar-refractivity contribution in [1.29, 1.82) is 5.26 Å². The molecular formula is C16H19N7O. The third kappa shape index (κ3) is 2.93. The van der Waals surface area contributed by atoms with Crippen LogP contribution in [0.2, 0.25) is 0 Å². The Bertz CT molecular complexity index is 778. The molecule has 124 valence electrons. The third-order valence-corrected chi connectivity index (χ3v) is 4.26. The smallest absolute Gasteiger partial charge is 0.233 e. The molecular weight excluding hydrogens is 306 g/mol. The molecule has 1 fully saturated rings. The molecule has 0 spiro atoms. The molecule has 0 amide bonds. The molecule has 24 heavy (non-hydrogen) atoms. The van der Waals surface area contributed by atoms with Crippen LogP contribution in [0.4, 0.5) is 11.6 Å². The Morgan fingerprint density at radius 2 is 1.79 bits per heavy atom. The van der Waals surface area contributed by atoms with E-state index in [4.69, 9.17) is 4.74 Å². The molecule has 1 aliphatic heterocycles. The van der Waals surface area contributed by atoms with Gasteiger partial charge in [-0.1, -0.05) is 0 Å². The van der Waals surface area contributed by atoms with Crippen LogP contribution in [0.5, 0.6) is 5.88 Å². The normalized spacial score (nSPS) is 14.4. The van der Waals surface area contributed by atoms with E-state index in [2.05, 4.69) is 36.0 Å². The summed E-state index contributed by atoms with van der Waals surface area (Å²) in [7, 11) is 1.58. The molecule has 0 N–H and O–H groups in total. The lowest BCUT2D eigenvalue weighted by Crippen LogP contribution is -2.47. The van der Waals surface area contributed by atoms with Gasteiger partial charge in [0.15, 0.2) is 11.6 Å². The monoisotopic (exact) mass is 325 g/mol. The number of hydrogen-bond acceptors (Lipinski definition) is 8. The van der Waals surface area contributed by atoms with Crippen LogP contribution in [0, 0.1) is 25.2 Å². The Balaban J connectivity index is 1.76. The number of aromatic nitrogens is 4. The third-order valence-electron chi connectivity index (χ3n) is 4.26. The molecule has 8 heteroatoms. The Morgan fingerprint density at radius 3 is 2.46 bits per heavy atom. The first-order valence-electron chi connectivity index (χ1n) is 7.74. The first-order valence-corrected chi connectivity index (χ1v) is 7.74. The van der Waals surface area contributed by atoms with Gasteiger partial charge in [0, 0.05) is 26.2 Å². The maximum atomic E-state index is 9.46. The summed E-state index contributed by atoms with van der Waals surface area (Å²) in [5.41, 5.74) is 2.29. The lowest BCUT2D eigenvalue weighted by atomic mass is 10.1. The molecule has 0 bridgehead atoms. The number of nitriles is 1. The number of hydrogen-bond donors (Lipinski definition) is 0. The molecule has 3 rings (SSSR count). The molecule has 0 aliphatic carbocycles. The Morgan fingerprint density at radius 1 is 1.08 bits per heavy atom. The van der Waals surface area contributed by atoms with Crippen molar-refractivity contribution < 1.29 is 4.74 Å². The predicted molar refractivity (Wildman–Crippen MR) is 89.2 cm³/mol. The average Bonchev–Trinajstić information content (AvgIpc) is 2.64. The Labute approximate surface area is 140 Å². The van der Waals surface area contributed by atoms with Crippen LogP contribution in [0.25, 0.3) is 0 Å². The zero-order chi connectivity index (χ0) is 17.1. The van der Waals surface area contributed by atoms with Crippen molar-refractivity contribution in [2.45, 2.75) is 13.8 Å². The number of anilines is 2. The van der Waals surface area contributed by atoms with E-state index in [1.165, 1.54) is 0 Å². The molecule has 0 saturated carbocycles. The van der Waals surface area contributed by atoms with Crippen LogP contribution in [0.3, 0.4) is 0 Å². The molecule has 0 atom stereocenters. The topological polar surface area (TPSA) is 91.1 Å². The summed E-state index contributed by atoms with van der Waals surface area (Å²) in [5, 5.41) is 17.9. The number of methoxy groups -OCH3 is 1. The Hall–Kier alpha value is -2.95. The number of aryl methyl sites for hydroxylation is 1. The first kappa shape index (κ1) is 15.9. The summed E-state index contributed by atoms with van der Waals surface area (Å²) in [6.45, 7) is 6.79. The van der Waals surface area contributed by atoms with Crippen LogP contribution in [-0.2, 0) is 0 Å². The highest BCUT2D eigenvalue weighted by Gasteiger charge is 2.23. The SMILES string of the molecule is COc1cncc(N2CCN(c3nnc(C)c(C)c3C#N)CC2)n1. The van der Waals surface area contributed by atoms with E-state index in [1.54, 1.807) is 19.5 Å². The largest absolute Gasteiger partial charge is 0.480 e. The van der Waals surface area contributed by atoms with Gasteiger partial charge in [-0.3, -0.25) is 4.98 Å². The quantitative estimate of drug-likeness (QED) is 0.828. The summed E-state index contributed by atoms with van der Waals surface area (Å²) < 4.78 is 5.13. The number of nitrogens with zero attached hydrogens (tertiary/aromatic N) is 7. The van der Waals surface area contributed by atoms with Gasteiger partial charge in [-0.15, -0.1) is 5.10 Å². The second-order valence-corrected chi connectivity index (χ2v) is 5.61. The maximum Gasteiger partial charge on any atom is 0.233 e. The second-order valence-electron chi connectivity index (χ2n) is 5.61. The average molecular weight is 325 g/mol. The number of piperazine rings is 1. The van der Waals surface area contributed by atoms with Crippen molar-refractivity contribution in [3.05, 3.63) is 29.2 Å². The van der Waals surface area contributed by atoms with E-state index in [1.807, 2.05) is 13.8 Å². The van der Waals surface area contributed by atoms with E-state index < -0.39 is 0 Å². The van der Waals surface area contributed by atoms with Gasteiger partial charge >= 0.3 is 0 Å². The van der Waals surface area contributed by atoms with E-state index in [9.17, 15) is 5.26 Å². The molecule has 2 aromatic heterocycles. The highest BCUT2D eigenvalue weighted by Crippen LogP contribution is 2.23. The minimum atomic E-state index is 0.502. The number of rotatable bonds is 3. The van der Waals surface area contributed by atoms with E-state index in [0.29, 0.717) is 17.3 Å². The van der Waals surface area contributed by atoms with Crippen molar-refractivity contribution in [2.24, 2.45) is 0 Å². The van der Waals surface area contributed by atoms with Gasteiger partial charge in [0.1, 0.15) is 11.6 Å². The fraction of sp³-hybridized carbons (Fsp3) is 0.438. The molecule has 3 heterocycles. The van der Waals surface area contributed by atoms with Gasteiger partial charge in [0.2, 0.25) is 5.88 Å². The number of ether oxygens (including phenoxy) is 1. The van der Waals surface area contributed by atoms with Crippen LogP contribution >= 0.6 is 0 Å². The minimum Gasteiger partial charge on any atom is -0.480 e. The van der Waals surface area contributed by atoms with Crippen molar-refractivity contribution in [2.75, 3.05) is 43.1 Å². The fourth-order valence-electron chi connectivity index (χ4n) is 2.69. The molecule has 1 saturated heterocycles. The summed E-state index contributed by atoms with van der Waals surface area (Å²) in [6.07, 6.45) is 3.32. The van der Waals surface area contributed by atoms with E-state index >= 15 is 0 Å². The summed E-state index contributed by atoms with van der Waals surface area (Å²) in [4.78, 5) is 12.8. The van der Waals surface area contributed by atoms with Gasteiger partial charge in [-0.25, -0.2) is 0 Å². The highest BCUT2D eigenvalue weighted by atomic mass is 16.5. The molecule has 0 aromatic carbocycles. The summed E-state index contributed by atoms with van der Waals surface area (Å²) in [5.74, 6) is 1.96. The van der Waals surface area contributed by atoms with Crippen molar-refractivity contribution in [3.63, 3.8) is 0 Å². The zero-order valence-electron chi connectivity index (χ0n) is 14.0. The minimum absolute atomic E-state index is 0.502. The molecule has 0 radical (unpaired) electrons. The van der Waals surface area contributed by atoms with Gasteiger partial charge in [-0.05, 0) is 19.4 Å². The summed E-state index contributed by atoms with van der Waals surface area (Å²) in [6, 6.07) is 2.26. The molecule has 2 aromatic rings. The highest BCUT2D eigenvalue weighted by molar-refractivity contribution is 5.58. The summed E-state index contributed by atoms with van der Waals surface area (Å²) >= 11 is 0. The van der Waals surface area contributed by atoms with E-state index in [-0.39, 0.29) is 0 Å². The van der Waals surface area contributed by atoms with Crippen LogP contribution in [0.1, 0.15) is 16.8 Å². The zero-order valence-corrected chi connectivity index (χ0v) is 14.0. The maximum absolute atomic E-state index is 9.46. The van der Waals surface area contributed by atoms with Gasteiger partial charge in [-0.2, -0.15) is 15.3 Å². The Kier molecular flexibility index (Phi) is 4.42. The van der Waals surface area contributed by atoms with Crippen molar-refractivity contribution in [1.82, 2.24) is 20.2 Å². The molecule has 0 unspecified atom stereocenters. The predicted octanol–water partition coefficient (Wildman–Crippen LogP) is 1.09. The van der Waals surface area contributed by atoms with Gasteiger partial charge in [0.25, 0.3) is 0 Å². The van der Waals surface area contributed by atoms with Crippen molar-refractivity contribution >= 4 is 11.6 Å². The standard InChI is InChI=1S/C16H19N7O/c1-11-12(2)20-21-16(13(11)8-17)23-6-4-22(5-7-23)14-9-18-10-15(19-14)24-3/h9-10H,4-7H2,1-3H3. The van der Waals surface area contributed by atoms with Crippen LogP contribution in [-0.4, -0.2) is 53.5 Å². The first-order chi connectivity index (χ1) is 11.6.